The Morgan fingerprint density at radius 1 is 0.810 bits per heavy atom. The van der Waals surface area contributed by atoms with Gasteiger partial charge in [-0.1, -0.05) is 40.8 Å². The fourth-order valence-electron chi connectivity index (χ4n) is 5.14. The SMILES string of the molecule is CC(C)(C)Cc1cc(-c2[c-]cccc2)nc[c]1[Ge]([CH3])([CH3])[CH3].Cc1ccnc(-c2[c-]ccc3c2oc2ccccc23)c1.[Ir]. The summed E-state index contributed by atoms with van der Waals surface area (Å²) in [6.07, 6.45) is 5.06. The van der Waals surface area contributed by atoms with Gasteiger partial charge in [0.05, 0.1) is 5.58 Å². The van der Waals surface area contributed by atoms with E-state index >= 15 is 0 Å². The molecule has 0 N–H and O–H groups in total. The van der Waals surface area contributed by atoms with Crippen LogP contribution in [-0.4, -0.2) is 23.2 Å². The maximum atomic E-state index is 6.01. The number of aryl methyl sites for hydroxylation is 1. The number of nitrogens with zero attached hydrogens (tertiary/aromatic N) is 2. The molecule has 5 heteroatoms. The van der Waals surface area contributed by atoms with E-state index in [4.69, 9.17) is 9.40 Å². The van der Waals surface area contributed by atoms with Crippen molar-refractivity contribution < 1.29 is 24.5 Å². The molecule has 1 radical (unpaired) electrons. The van der Waals surface area contributed by atoms with Crippen LogP contribution in [0.2, 0.25) is 17.3 Å². The van der Waals surface area contributed by atoms with Crippen LogP contribution >= 0.6 is 0 Å². The molecular formula is C37H38GeIrN2O-2. The minimum Gasteiger partial charge on any atom is -0.501 e. The molecule has 0 unspecified atom stereocenters. The molecule has 3 aromatic heterocycles. The van der Waals surface area contributed by atoms with E-state index in [0.29, 0.717) is 5.41 Å². The second kappa shape index (κ2) is 13.1. The van der Waals surface area contributed by atoms with E-state index in [1.54, 1.807) is 0 Å². The Hall–Kier alpha value is -3.05. The van der Waals surface area contributed by atoms with Crippen LogP contribution in [0.25, 0.3) is 44.5 Å². The van der Waals surface area contributed by atoms with Gasteiger partial charge in [0.25, 0.3) is 0 Å². The van der Waals surface area contributed by atoms with Gasteiger partial charge in [-0.3, -0.25) is 0 Å². The molecule has 3 heterocycles. The number of aromatic nitrogens is 2. The number of rotatable bonds is 4. The quantitative estimate of drug-likeness (QED) is 0.132. The number of hydrogen-bond acceptors (Lipinski definition) is 3. The Bertz CT molecular complexity index is 1800. The summed E-state index contributed by atoms with van der Waals surface area (Å²) in [7, 11) is 0. The van der Waals surface area contributed by atoms with Gasteiger partial charge in [-0.15, -0.1) is 18.2 Å². The number of furan rings is 1. The van der Waals surface area contributed by atoms with Gasteiger partial charge < -0.3 is 9.40 Å². The van der Waals surface area contributed by atoms with Crippen LogP contribution in [0.4, 0.5) is 0 Å². The molecule has 217 valence electrons. The van der Waals surface area contributed by atoms with Crippen molar-refractivity contribution in [3.05, 3.63) is 115 Å². The maximum absolute atomic E-state index is 6.01. The zero-order valence-electron chi connectivity index (χ0n) is 25.5. The van der Waals surface area contributed by atoms with Gasteiger partial charge in [0.2, 0.25) is 0 Å². The van der Waals surface area contributed by atoms with Crippen molar-refractivity contribution >= 4 is 39.6 Å². The molecule has 0 bridgehead atoms. The second-order valence-electron chi connectivity index (χ2n) is 12.9. The third-order valence-electron chi connectivity index (χ3n) is 7.01. The molecule has 0 saturated carbocycles. The summed E-state index contributed by atoms with van der Waals surface area (Å²) in [5, 5.41) is 2.24. The third kappa shape index (κ3) is 7.47. The molecule has 6 rings (SSSR count). The smallest absolute Gasteiger partial charge is 0.120 e. The number of fused-ring (bicyclic) bond motifs is 3. The Balaban J connectivity index is 0.000000188. The Morgan fingerprint density at radius 2 is 1.57 bits per heavy atom. The van der Waals surface area contributed by atoms with Gasteiger partial charge in [-0.05, 0) is 24.8 Å². The molecule has 3 nitrogen and oxygen atoms in total. The van der Waals surface area contributed by atoms with Gasteiger partial charge in [0.1, 0.15) is 5.58 Å². The first-order valence-corrected chi connectivity index (χ1v) is 21.6. The molecule has 0 aliphatic heterocycles. The van der Waals surface area contributed by atoms with Gasteiger partial charge in [0, 0.05) is 31.7 Å². The molecule has 6 aromatic rings. The van der Waals surface area contributed by atoms with Crippen molar-refractivity contribution in [3.63, 3.8) is 0 Å². The molecule has 0 spiro atoms. The van der Waals surface area contributed by atoms with Gasteiger partial charge in [0.15, 0.2) is 0 Å². The van der Waals surface area contributed by atoms with Crippen LogP contribution in [0.1, 0.15) is 31.9 Å². The Morgan fingerprint density at radius 3 is 2.26 bits per heavy atom. The van der Waals surface area contributed by atoms with Crippen molar-refractivity contribution in [2.24, 2.45) is 5.41 Å². The average Bonchev–Trinajstić information content (AvgIpc) is 3.31. The normalized spacial score (nSPS) is 11.6. The molecule has 0 amide bonds. The van der Waals surface area contributed by atoms with Crippen LogP contribution < -0.4 is 4.40 Å². The summed E-state index contributed by atoms with van der Waals surface area (Å²) in [6, 6.07) is 33.0. The molecule has 42 heavy (non-hydrogen) atoms. The zero-order valence-corrected chi connectivity index (χ0v) is 30.0. The van der Waals surface area contributed by atoms with Gasteiger partial charge >= 0.3 is 132 Å². The topological polar surface area (TPSA) is 38.9 Å². The minimum atomic E-state index is -1.90. The molecule has 0 fully saturated rings. The van der Waals surface area contributed by atoms with Crippen LogP contribution in [0, 0.1) is 24.5 Å². The van der Waals surface area contributed by atoms with Crippen molar-refractivity contribution in [1.82, 2.24) is 9.97 Å². The number of pyridine rings is 2. The van der Waals surface area contributed by atoms with Crippen molar-refractivity contribution in [3.8, 4) is 22.5 Å². The predicted molar refractivity (Wildman–Crippen MR) is 175 cm³/mol. The summed E-state index contributed by atoms with van der Waals surface area (Å²) in [6.45, 7) is 8.98. The van der Waals surface area contributed by atoms with Crippen LogP contribution in [0.5, 0.6) is 0 Å². The van der Waals surface area contributed by atoms with Gasteiger partial charge in [-0.25, -0.2) is 0 Å². The van der Waals surface area contributed by atoms with E-state index in [-0.39, 0.29) is 20.1 Å². The Labute approximate surface area is 266 Å². The summed E-state index contributed by atoms with van der Waals surface area (Å²) < 4.78 is 7.54. The van der Waals surface area contributed by atoms with E-state index in [0.717, 1.165) is 50.9 Å². The summed E-state index contributed by atoms with van der Waals surface area (Å²) in [5.41, 5.74) is 8.65. The standard InChI is InChI=1S/C19H26GeN.C18H12NO.Ir/c1-19(2,3)13-16-12-18(15-10-8-7-9-11-15)21-14-17(16)20(4,5)6;1-12-9-10-19-16(11-12)15-7-4-6-14-13-5-2-3-8-17(13)20-18(14)15;/h7-10,12,14H,13H2,1-6H3;2-6,8-11H,1H3;/q2*-1;. The predicted octanol–water partition coefficient (Wildman–Crippen LogP) is 9.44. The van der Waals surface area contributed by atoms with Gasteiger partial charge in [-0.2, -0.15) is 0 Å². The van der Waals surface area contributed by atoms with Crippen LogP contribution in [-0.2, 0) is 26.5 Å². The second-order valence-corrected chi connectivity index (χ2v) is 23.5. The number of hydrogen-bond donors (Lipinski definition) is 0. The van der Waals surface area contributed by atoms with E-state index in [9.17, 15) is 0 Å². The first kappa shape index (κ1) is 31.9. The molecule has 0 aliphatic rings. The van der Waals surface area contributed by atoms with E-state index in [2.05, 4.69) is 92.5 Å². The summed E-state index contributed by atoms with van der Waals surface area (Å²) >= 11 is -1.90. The van der Waals surface area contributed by atoms with Crippen molar-refractivity contribution in [2.45, 2.75) is 51.4 Å². The molecular weight excluding hydrogens is 753 g/mol. The van der Waals surface area contributed by atoms with Crippen LogP contribution in [0.3, 0.4) is 0 Å². The summed E-state index contributed by atoms with van der Waals surface area (Å²) in [4.78, 5) is 9.16. The first-order chi connectivity index (χ1) is 19.5. The largest absolute Gasteiger partial charge is 0.501 e. The molecule has 0 aliphatic carbocycles. The zero-order chi connectivity index (χ0) is 29.2. The third-order valence-corrected chi connectivity index (χ3v) is 11.3. The molecule has 0 saturated heterocycles. The van der Waals surface area contributed by atoms with E-state index in [1.807, 2.05) is 60.8 Å². The van der Waals surface area contributed by atoms with E-state index < -0.39 is 13.3 Å². The van der Waals surface area contributed by atoms with Crippen LogP contribution in [0.15, 0.2) is 95.7 Å². The van der Waals surface area contributed by atoms with E-state index in [1.165, 1.54) is 15.5 Å². The molecule has 0 atom stereocenters. The number of para-hydroxylation sites is 1. The summed E-state index contributed by atoms with van der Waals surface area (Å²) in [5.74, 6) is 7.33. The average molecular weight is 792 g/mol. The fourth-order valence-corrected chi connectivity index (χ4v) is 8.45. The monoisotopic (exact) mass is 793 g/mol. The molecule has 3 aromatic carbocycles. The minimum absolute atomic E-state index is 0. The fraction of sp³-hybridized carbons (Fsp3) is 0.243. The maximum Gasteiger partial charge on any atom is 0.120 e. The Kier molecular flexibility index (Phi) is 9.93. The number of benzene rings is 3. The first-order valence-electron chi connectivity index (χ1n) is 14.2. The van der Waals surface area contributed by atoms with Crippen molar-refractivity contribution in [2.75, 3.05) is 0 Å². The van der Waals surface area contributed by atoms with Crippen molar-refractivity contribution in [1.29, 1.82) is 0 Å².